The fraction of sp³-hybridized carbons (Fsp3) is 0.333. The third-order valence-corrected chi connectivity index (χ3v) is 3.87. The Bertz CT molecular complexity index is 652. The molecule has 2 N–H and O–H groups in total. The van der Waals surface area contributed by atoms with Gasteiger partial charge in [0.25, 0.3) is 0 Å². The zero-order valence-corrected chi connectivity index (χ0v) is 12.6. The molecular weight excluding hydrogens is 262 g/mol. The van der Waals surface area contributed by atoms with Gasteiger partial charge < -0.3 is 15.2 Å². The van der Waals surface area contributed by atoms with Gasteiger partial charge in [0.05, 0.1) is 0 Å². The van der Waals surface area contributed by atoms with Crippen LogP contribution in [0.15, 0.2) is 36.4 Å². The molecule has 21 heavy (non-hydrogen) atoms. The maximum absolute atomic E-state index is 5.94. The molecule has 1 aliphatic rings. The molecule has 1 aliphatic heterocycles. The molecular formula is C18H21NO2. The highest BCUT2D eigenvalue weighted by molar-refractivity contribution is 5.40. The minimum absolute atomic E-state index is 0.0859. The molecule has 0 bridgehead atoms. The number of nitrogens with two attached hydrogens (primary N) is 1. The van der Waals surface area contributed by atoms with Gasteiger partial charge in [0.1, 0.15) is 24.2 Å². The number of fused-ring (bicyclic) bond motifs is 1. The third-order valence-electron chi connectivity index (χ3n) is 3.87. The van der Waals surface area contributed by atoms with Crippen molar-refractivity contribution in [3.63, 3.8) is 0 Å². The molecule has 0 amide bonds. The molecule has 2 aromatic rings. The molecule has 0 aromatic heterocycles. The monoisotopic (exact) mass is 283 g/mol. The molecule has 0 saturated carbocycles. The van der Waals surface area contributed by atoms with E-state index in [1.807, 2.05) is 31.2 Å². The van der Waals surface area contributed by atoms with Crippen molar-refractivity contribution in [1.82, 2.24) is 0 Å². The van der Waals surface area contributed by atoms with Crippen LogP contribution in [-0.2, 0) is 13.0 Å². The van der Waals surface area contributed by atoms with Crippen molar-refractivity contribution >= 4 is 0 Å². The molecule has 1 heterocycles. The van der Waals surface area contributed by atoms with E-state index in [0.717, 1.165) is 29.0 Å². The van der Waals surface area contributed by atoms with Crippen molar-refractivity contribution in [2.24, 2.45) is 5.73 Å². The predicted molar refractivity (Wildman–Crippen MR) is 83.9 cm³/mol. The lowest BCUT2D eigenvalue weighted by molar-refractivity contribution is 0.148. The molecule has 3 rings (SSSR count). The van der Waals surface area contributed by atoms with Crippen molar-refractivity contribution in [2.45, 2.75) is 32.9 Å². The van der Waals surface area contributed by atoms with Crippen molar-refractivity contribution in [1.29, 1.82) is 0 Å². The molecule has 0 radical (unpaired) electrons. The first-order valence-corrected chi connectivity index (χ1v) is 7.34. The molecule has 0 saturated heterocycles. The van der Waals surface area contributed by atoms with Gasteiger partial charge in [0, 0.05) is 13.0 Å². The highest BCUT2D eigenvalue weighted by Crippen LogP contribution is 2.30. The summed E-state index contributed by atoms with van der Waals surface area (Å²) >= 11 is 0. The minimum Gasteiger partial charge on any atom is -0.489 e. The average Bonchev–Trinajstić information content (AvgIpc) is 2.88. The zero-order valence-electron chi connectivity index (χ0n) is 12.6. The highest BCUT2D eigenvalue weighted by atomic mass is 16.5. The Morgan fingerprint density at radius 2 is 2.05 bits per heavy atom. The van der Waals surface area contributed by atoms with Crippen LogP contribution in [0, 0.1) is 13.8 Å². The minimum atomic E-state index is 0.0859. The van der Waals surface area contributed by atoms with E-state index < -0.39 is 0 Å². The van der Waals surface area contributed by atoms with E-state index >= 15 is 0 Å². The number of hydrogen-bond donors (Lipinski definition) is 1. The largest absolute Gasteiger partial charge is 0.489 e. The first-order chi connectivity index (χ1) is 10.2. The van der Waals surface area contributed by atoms with Gasteiger partial charge in [-0.25, -0.2) is 0 Å². The van der Waals surface area contributed by atoms with Crippen LogP contribution in [0.1, 0.15) is 22.3 Å². The van der Waals surface area contributed by atoms with Gasteiger partial charge in [-0.2, -0.15) is 0 Å². The summed E-state index contributed by atoms with van der Waals surface area (Å²) in [5.74, 6) is 1.88. The van der Waals surface area contributed by atoms with E-state index in [9.17, 15) is 0 Å². The number of benzene rings is 2. The normalized spacial score (nSPS) is 16.4. The molecule has 1 atom stereocenters. The van der Waals surface area contributed by atoms with Gasteiger partial charge in [-0.15, -0.1) is 0 Å². The fourth-order valence-electron chi connectivity index (χ4n) is 2.65. The number of aryl methyl sites for hydroxylation is 2. The summed E-state index contributed by atoms with van der Waals surface area (Å²) in [5.41, 5.74) is 10.4. The van der Waals surface area contributed by atoms with E-state index in [1.54, 1.807) is 0 Å². The SMILES string of the molecule is Cc1ccc2c(c1)CC(COc1cc(CN)ccc1C)O2. The van der Waals surface area contributed by atoms with Gasteiger partial charge in [-0.1, -0.05) is 29.8 Å². The molecule has 0 fully saturated rings. The van der Waals surface area contributed by atoms with Crippen LogP contribution in [0.2, 0.25) is 0 Å². The molecule has 2 aromatic carbocycles. The van der Waals surface area contributed by atoms with Gasteiger partial charge in [0.2, 0.25) is 0 Å². The highest BCUT2D eigenvalue weighted by Gasteiger charge is 2.23. The van der Waals surface area contributed by atoms with Crippen LogP contribution in [0.4, 0.5) is 0 Å². The Balaban J connectivity index is 1.65. The Morgan fingerprint density at radius 1 is 1.19 bits per heavy atom. The van der Waals surface area contributed by atoms with Crippen molar-refractivity contribution in [2.75, 3.05) is 6.61 Å². The van der Waals surface area contributed by atoms with Gasteiger partial charge in [-0.05, 0) is 42.7 Å². The maximum atomic E-state index is 5.94. The van der Waals surface area contributed by atoms with Gasteiger partial charge in [-0.3, -0.25) is 0 Å². The third kappa shape index (κ3) is 3.03. The van der Waals surface area contributed by atoms with Crippen molar-refractivity contribution in [3.05, 3.63) is 58.7 Å². The van der Waals surface area contributed by atoms with Gasteiger partial charge in [0.15, 0.2) is 0 Å². The molecule has 110 valence electrons. The Morgan fingerprint density at radius 3 is 2.86 bits per heavy atom. The Hall–Kier alpha value is -2.00. The van der Waals surface area contributed by atoms with E-state index in [2.05, 4.69) is 19.1 Å². The lowest BCUT2D eigenvalue weighted by atomic mass is 10.1. The van der Waals surface area contributed by atoms with E-state index in [1.165, 1.54) is 11.1 Å². The first-order valence-electron chi connectivity index (χ1n) is 7.34. The summed E-state index contributed by atoms with van der Waals surface area (Å²) in [6.45, 7) is 5.24. The lowest BCUT2D eigenvalue weighted by Gasteiger charge is -2.14. The molecule has 3 heteroatoms. The van der Waals surface area contributed by atoms with Crippen molar-refractivity contribution < 1.29 is 9.47 Å². The standard InChI is InChI=1S/C18H21NO2/c1-12-3-6-17-15(7-12)9-16(21-17)11-20-18-8-14(10-19)5-4-13(18)2/h3-8,16H,9-11,19H2,1-2H3. The second kappa shape index (κ2) is 5.78. The molecule has 0 aliphatic carbocycles. The predicted octanol–water partition coefficient (Wildman–Crippen LogP) is 3.14. The molecule has 1 unspecified atom stereocenters. The van der Waals surface area contributed by atoms with Crippen LogP contribution in [0.3, 0.4) is 0 Å². The Kier molecular flexibility index (Phi) is 3.84. The summed E-state index contributed by atoms with van der Waals surface area (Å²) in [7, 11) is 0. The first kappa shape index (κ1) is 14.0. The fourth-order valence-corrected chi connectivity index (χ4v) is 2.65. The second-order valence-electron chi connectivity index (χ2n) is 5.67. The summed E-state index contributed by atoms with van der Waals surface area (Å²) in [6, 6.07) is 12.4. The molecule has 0 spiro atoms. The van der Waals surface area contributed by atoms with E-state index in [4.69, 9.17) is 15.2 Å². The zero-order chi connectivity index (χ0) is 14.8. The smallest absolute Gasteiger partial charge is 0.137 e. The summed E-state index contributed by atoms with van der Waals surface area (Å²) in [5, 5.41) is 0. The maximum Gasteiger partial charge on any atom is 0.137 e. The summed E-state index contributed by atoms with van der Waals surface area (Å²) < 4.78 is 11.9. The van der Waals surface area contributed by atoms with Crippen LogP contribution < -0.4 is 15.2 Å². The quantitative estimate of drug-likeness (QED) is 0.937. The van der Waals surface area contributed by atoms with Crippen LogP contribution in [0.25, 0.3) is 0 Å². The van der Waals surface area contributed by atoms with Gasteiger partial charge >= 0.3 is 0 Å². The number of hydrogen-bond acceptors (Lipinski definition) is 3. The molecule has 3 nitrogen and oxygen atoms in total. The average molecular weight is 283 g/mol. The number of ether oxygens (including phenoxy) is 2. The lowest BCUT2D eigenvalue weighted by Crippen LogP contribution is -2.22. The summed E-state index contributed by atoms with van der Waals surface area (Å²) in [6.07, 6.45) is 0.995. The van der Waals surface area contributed by atoms with E-state index in [0.29, 0.717) is 13.2 Å². The topological polar surface area (TPSA) is 44.5 Å². The van der Waals surface area contributed by atoms with Crippen LogP contribution in [0.5, 0.6) is 11.5 Å². The van der Waals surface area contributed by atoms with E-state index in [-0.39, 0.29) is 6.10 Å². The number of rotatable bonds is 4. The summed E-state index contributed by atoms with van der Waals surface area (Å²) in [4.78, 5) is 0. The van der Waals surface area contributed by atoms with Crippen molar-refractivity contribution in [3.8, 4) is 11.5 Å². The van der Waals surface area contributed by atoms with Crippen LogP contribution in [-0.4, -0.2) is 12.7 Å². The van der Waals surface area contributed by atoms with Crippen LogP contribution >= 0.6 is 0 Å². The second-order valence-corrected chi connectivity index (χ2v) is 5.67. The Labute approximate surface area is 125 Å².